The summed E-state index contributed by atoms with van der Waals surface area (Å²) in [5.41, 5.74) is 7.13. The summed E-state index contributed by atoms with van der Waals surface area (Å²) in [4.78, 5) is 15.2. The van der Waals surface area contributed by atoms with Crippen LogP contribution in [0.15, 0.2) is 42.6 Å². The topological polar surface area (TPSA) is 86.5 Å². The molecule has 1 aromatic heterocycles. The van der Waals surface area contributed by atoms with E-state index in [9.17, 15) is 4.79 Å². The number of benzene rings is 1. The highest BCUT2D eigenvalue weighted by molar-refractivity contribution is 5.85. The third-order valence-electron chi connectivity index (χ3n) is 2.62. The van der Waals surface area contributed by atoms with Crippen molar-refractivity contribution in [1.29, 1.82) is 0 Å². The predicted octanol–water partition coefficient (Wildman–Crippen LogP) is 2.42. The molecule has 6 heteroatoms. The second-order valence-corrected chi connectivity index (χ2v) is 3.95. The van der Waals surface area contributed by atoms with Crippen molar-refractivity contribution in [2.75, 3.05) is 18.2 Å². The first-order chi connectivity index (χ1) is 9.70. The number of carbonyl (C=O) groups is 1. The average Bonchev–Trinajstić information content (AvgIpc) is 2.47. The number of nitrogens with two attached hydrogens (primary N) is 1. The second kappa shape index (κ2) is 6.42. The number of nitrogens with one attached hydrogen (secondary N) is 1. The number of anilines is 2. The summed E-state index contributed by atoms with van der Waals surface area (Å²) in [6.45, 7) is 0.260. The Bertz CT molecular complexity index is 602. The molecule has 0 unspecified atom stereocenters. The quantitative estimate of drug-likeness (QED) is 0.893. The third kappa shape index (κ3) is 3.38. The molecule has 0 aliphatic rings. The molecule has 0 aliphatic carbocycles. The van der Waals surface area contributed by atoms with Crippen LogP contribution in [0.3, 0.4) is 0 Å². The summed E-state index contributed by atoms with van der Waals surface area (Å²) < 4.78 is 10.2. The first-order valence-corrected chi connectivity index (χ1v) is 5.97. The average molecular weight is 273 g/mol. The lowest BCUT2D eigenvalue weighted by Gasteiger charge is -2.12. The zero-order valence-corrected chi connectivity index (χ0v) is 11.0. The molecule has 0 spiro atoms. The van der Waals surface area contributed by atoms with Gasteiger partial charge in [0.2, 0.25) is 0 Å². The Morgan fingerprint density at radius 3 is 2.85 bits per heavy atom. The van der Waals surface area contributed by atoms with Gasteiger partial charge in [0.05, 0.1) is 12.8 Å². The van der Waals surface area contributed by atoms with Crippen LogP contribution < -0.4 is 15.8 Å². The number of aromatic nitrogens is 1. The van der Waals surface area contributed by atoms with Gasteiger partial charge >= 0.3 is 6.09 Å². The number of ether oxygens (including phenoxy) is 2. The molecule has 1 aromatic carbocycles. The van der Waals surface area contributed by atoms with E-state index < -0.39 is 6.09 Å². The molecule has 0 saturated carbocycles. The van der Waals surface area contributed by atoms with Crippen LogP contribution in [0.4, 0.5) is 16.3 Å². The number of hydrogen-bond acceptors (Lipinski definition) is 5. The van der Waals surface area contributed by atoms with E-state index in [0.717, 1.165) is 5.56 Å². The van der Waals surface area contributed by atoms with Gasteiger partial charge in [0.1, 0.15) is 6.61 Å². The van der Waals surface area contributed by atoms with Gasteiger partial charge in [0.15, 0.2) is 11.6 Å². The van der Waals surface area contributed by atoms with E-state index in [1.807, 2.05) is 18.2 Å². The maximum absolute atomic E-state index is 11.3. The van der Waals surface area contributed by atoms with Crippen LogP contribution >= 0.6 is 0 Å². The molecule has 0 radical (unpaired) electrons. The number of amides is 1. The highest BCUT2D eigenvalue weighted by Crippen LogP contribution is 2.21. The fraction of sp³-hybridized carbons (Fsp3) is 0.143. The lowest BCUT2D eigenvalue weighted by molar-refractivity contribution is 0.187. The minimum Gasteiger partial charge on any atom is -0.485 e. The van der Waals surface area contributed by atoms with E-state index in [1.54, 1.807) is 24.4 Å². The van der Waals surface area contributed by atoms with Crippen molar-refractivity contribution in [2.24, 2.45) is 0 Å². The summed E-state index contributed by atoms with van der Waals surface area (Å²) >= 11 is 0. The van der Waals surface area contributed by atoms with Gasteiger partial charge in [-0.05, 0) is 18.2 Å². The van der Waals surface area contributed by atoms with Gasteiger partial charge in [-0.2, -0.15) is 0 Å². The SMILES string of the molecule is COC(=O)Nc1ccccc1COc1cccnc1N. The number of carbonyl (C=O) groups excluding carboxylic acids is 1. The number of hydrogen-bond donors (Lipinski definition) is 2. The lowest BCUT2D eigenvalue weighted by atomic mass is 10.2. The van der Waals surface area contributed by atoms with Gasteiger partial charge < -0.3 is 15.2 Å². The lowest BCUT2D eigenvalue weighted by Crippen LogP contribution is -2.13. The number of nitrogen functional groups attached to an aromatic ring is 1. The minimum absolute atomic E-state index is 0.260. The van der Waals surface area contributed by atoms with Crippen LogP contribution in [0.2, 0.25) is 0 Å². The molecule has 3 N–H and O–H groups in total. The van der Waals surface area contributed by atoms with E-state index >= 15 is 0 Å². The molecule has 0 fully saturated rings. The first-order valence-electron chi connectivity index (χ1n) is 5.97. The van der Waals surface area contributed by atoms with Crippen LogP contribution in [0.5, 0.6) is 5.75 Å². The van der Waals surface area contributed by atoms with Crippen molar-refractivity contribution in [3.8, 4) is 5.75 Å². The molecule has 20 heavy (non-hydrogen) atoms. The van der Waals surface area contributed by atoms with Crippen LogP contribution in [0, 0.1) is 0 Å². The minimum atomic E-state index is -0.529. The van der Waals surface area contributed by atoms with Crippen LogP contribution in [-0.4, -0.2) is 18.2 Å². The molecule has 1 amide bonds. The largest absolute Gasteiger partial charge is 0.485 e. The van der Waals surface area contributed by atoms with E-state index in [1.165, 1.54) is 7.11 Å². The predicted molar refractivity (Wildman–Crippen MR) is 75.5 cm³/mol. The Balaban J connectivity index is 2.10. The highest BCUT2D eigenvalue weighted by Gasteiger charge is 2.07. The molecular formula is C14H15N3O3. The Labute approximate surface area is 116 Å². The van der Waals surface area contributed by atoms with Crippen molar-refractivity contribution >= 4 is 17.6 Å². The van der Waals surface area contributed by atoms with Crippen LogP contribution in [0.25, 0.3) is 0 Å². The third-order valence-corrected chi connectivity index (χ3v) is 2.62. The maximum atomic E-state index is 11.3. The van der Waals surface area contributed by atoms with Gasteiger partial charge in [0, 0.05) is 11.8 Å². The Hall–Kier alpha value is -2.76. The smallest absolute Gasteiger partial charge is 0.411 e. The fourth-order valence-electron chi connectivity index (χ4n) is 1.61. The summed E-state index contributed by atoms with van der Waals surface area (Å²) in [6.07, 6.45) is 1.06. The number of pyridine rings is 1. The van der Waals surface area contributed by atoms with Crippen molar-refractivity contribution in [2.45, 2.75) is 6.61 Å². The number of methoxy groups -OCH3 is 1. The van der Waals surface area contributed by atoms with Crippen molar-refractivity contribution in [3.05, 3.63) is 48.2 Å². The molecule has 104 valence electrons. The Morgan fingerprint density at radius 2 is 2.10 bits per heavy atom. The van der Waals surface area contributed by atoms with Crippen molar-refractivity contribution in [1.82, 2.24) is 4.98 Å². The first kappa shape index (κ1) is 13.7. The number of para-hydroxylation sites is 1. The highest BCUT2D eigenvalue weighted by atomic mass is 16.5. The second-order valence-electron chi connectivity index (χ2n) is 3.95. The standard InChI is InChI=1S/C14H15N3O3/c1-19-14(18)17-11-6-3-2-5-10(11)9-20-12-7-4-8-16-13(12)15/h2-8H,9H2,1H3,(H2,15,16)(H,17,18). The van der Waals surface area contributed by atoms with E-state index in [2.05, 4.69) is 15.0 Å². The summed E-state index contributed by atoms with van der Waals surface area (Å²) in [6, 6.07) is 10.8. The maximum Gasteiger partial charge on any atom is 0.411 e. The van der Waals surface area contributed by atoms with Gasteiger partial charge in [-0.3, -0.25) is 5.32 Å². The summed E-state index contributed by atoms with van der Waals surface area (Å²) in [5, 5.41) is 2.62. The zero-order valence-electron chi connectivity index (χ0n) is 11.0. The van der Waals surface area contributed by atoms with E-state index in [-0.39, 0.29) is 6.61 Å². The Kier molecular flexibility index (Phi) is 4.39. The zero-order chi connectivity index (χ0) is 14.4. The summed E-state index contributed by atoms with van der Waals surface area (Å²) in [7, 11) is 1.31. The molecule has 0 bridgehead atoms. The summed E-state index contributed by atoms with van der Waals surface area (Å²) in [5.74, 6) is 0.825. The molecule has 2 rings (SSSR count). The normalized spacial score (nSPS) is 9.85. The molecule has 6 nitrogen and oxygen atoms in total. The van der Waals surface area contributed by atoms with Crippen LogP contribution in [-0.2, 0) is 11.3 Å². The monoisotopic (exact) mass is 273 g/mol. The van der Waals surface area contributed by atoms with Crippen molar-refractivity contribution < 1.29 is 14.3 Å². The van der Waals surface area contributed by atoms with Crippen LogP contribution in [0.1, 0.15) is 5.56 Å². The number of nitrogens with zero attached hydrogens (tertiary/aromatic N) is 1. The molecule has 2 aromatic rings. The fourth-order valence-corrected chi connectivity index (χ4v) is 1.61. The van der Waals surface area contributed by atoms with E-state index in [4.69, 9.17) is 10.5 Å². The number of rotatable bonds is 4. The van der Waals surface area contributed by atoms with Gasteiger partial charge in [-0.25, -0.2) is 9.78 Å². The van der Waals surface area contributed by atoms with Crippen molar-refractivity contribution in [3.63, 3.8) is 0 Å². The molecule has 0 aliphatic heterocycles. The molecule has 0 atom stereocenters. The Morgan fingerprint density at radius 1 is 1.30 bits per heavy atom. The van der Waals surface area contributed by atoms with Gasteiger partial charge in [-0.15, -0.1) is 0 Å². The molecular weight excluding hydrogens is 258 g/mol. The molecule has 0 saturated heterocycles. The van der Waals surface area contributed by atoms with Gasteiger partial charge in [0.25, 0.3) is 0 Å². The van der Waals surface area contributed by atoms with E-state index in [0.29, 0.717) is 17.3 Å². The molecule has 1 heterocycles. The van der Waals surface area contributed by atoms with Gasteiger partial charge in [-0.1, -0.05) is 18.2 Å².